The van der Waals surface area contributed by atoms with E-state index in [1.54, 1.807) is 19.2 Å². The zero-order valence-electron chi connectivity index (χ0n) is 13.0. The lowest BCUT2D eigenvalue weighted by molar-refractivity contribution is 0.285. The summed E-state index contributed by atoms with van der Waals surface area (Å²) in [5.41, 5.74) is 6.52. The Morgan fingerprint density at radius 1 is 1.22 bits per heavy atom. The second-order valence-electron chi connectivity index (χ2n) is 5.48. The van der Waals surface area contributed by atoms with Gasteiger partial charge in [0.25, 0.3) is 0 Å². The molecule has 0 radical (unpaired) electrons. The van der Waals surface area contributed by atoms with Gasteiger partial charge in [0.15, 0.2) is 11.5 Å². The summed E-state index contributed by atoms with van der Waals surface area (Å²) in [5, 5.41) is 4.45. The van der Waals surface area contributed by atoms with Crippen molar-refractivity contribution in [3.8, 4) is 22.9 Å². The molecule has 23 heavy (non-hydrogen) atoms. The van der Waals surface area contributed by atoms with E-state index in [0.29, 0.717) is 33.8 Å². The Kier molecular flexibility index (Phi) is 5.39. The van der Waals surface area contributed by atoms with Crippen LogP contribution in [-0.2, 0) is 5.54 Å². The van der Waals surface area contributed by atoms with Crippen molar-refractivity contribution in [2.45, 2.75) is 31.2 Å². The number of hydrogen-bond acceptors (Lipinski definition) is 6. The normalized spacial score (nSPS) is 16.0. The molecule has 0 saturated heterocycles. The lowest BCUT2D eigenvalue weighted by Crippen LogP contribution is -2.33. The molecule has 2 aromatic rings. The van der Waals surface area contributed by atoms with Crippen molar-refractivity contribution in [2.75, 3.05) is 14.2 Å². The van der Waals surface area contributed by atoms with Gasteiger partial charge in [-0.1, -0.05) is 29.6 Å². The van der Waals surface area contributed by atoms with Crippen LogP contribution in [0.25, 0.3) is 11.4 Å². The predicted octanol–water partition coefficient (Wildman–Crippen LogP) is 3.56. The summed E-state index contributed by atoms with van der Waals surface area (Å²) in [6.45, 7) is 0. The zero-order valence-corrected chi connectivity index (χ0v) is 14.5. The molecule has 0 spiro atoms. The SMILES string of the molecule is COc1cc(-c2noc(C3(N)CCCC3)n2)cc(Cl)c1OC.Cl. The van der Waals surface area contributed by atoms with E-state index in [1.165, 1.54) is 7.11 Å². The molecule has 1 heterocycles. The molecule has 0 unspecified atom stereocenters. The van der Waals surface area contributed by atoms with Crippen LogP contribution >= 0.6 is 24.0 Å². The quantitative estimate of drug-likeness (QED) is 0.898. The van der Waals surface area contributed by atoms with Crippen LogP contribution in [0.4, 0.5) is 0 Å². The van der Waals surface area contributed by atoms with E-state index >= 15 is 0 Å². The van der Waals surface area contributed by atoms with Crippen molar-refractivity contribution >= 4 is 24.0 Å². The molecule has 1 aromatic heterocycles. The van der Waals surface area contributed by atoms with Gasteiger partial charge in [0.1, 0.15) is 0 Å². The monoisotopic (exact) mass is 359 g/mol. The first kappa shape index (κ1) is 17.8. The van der Waals surface area contributed by atoms with Crippen LogP contribution in [0, 0.1) is 0 Å². The lowest BCUT2D eigenvalue weighted by atomic mass is 9.99. The van der Waals surface area contributed by atoms with Crippen LogP contribution in [0.2, 0.25) is 5.02 Å². The standard InChI is InChI=1S/C15H18ClN3O3.ClH/c1-20-11-8-9(7-10(16)12(11)21-2)13-18-14(22-19-13)15(17)5-3-4-6-15;/h7-8H,3-6,17H2,1-2H3;1H. The van der Waals surface area contributed by atoms with Crippen molar-refractivity contribution < 1.29 is 14.0 Å². The maximum atomic E-state index is 6.34. The fourth-order valence-electron chi connectivity index (χ4n) is 2.81. The minimum atomic E-state index is -0.508. The first-order valence-corrected chi connectivity index (χ1v) is 7.50. The van der Waals surface area contributed by atoms with Crippen LogP contribution in [0.3, 0.4) is 0 Å². The molecular formula is C15H19Cl2N3O3. The van der Waals surface area contributed by atoms with Crippen LogP contribution in [-0.4, -0.2) is 24.4 Å². The molecule has 6 nitrogen and oxygen atoms in total. The van der Waals surface area contributed by atoms with Crippen LogP contribution in [0.15, 0.2) is 16.7 Å². The molecule has 8 heteroatoms. The smallest absolute Gasteiger partial charge is 0.247 e. The highest BCUT2D eigenvalue weighted by Crippen LogP contribution is 2.40. The maximum absolute atomic E-state index is 6.34. The van der Waals surface area contributed by atoms with E-state index in [9.17, 15) is 0 Å². The van der Waals surface area contributed by atoms with E-state index in [-0.39, 0.29) is 12.4 Å². The molecule has 126 valence electrons. The van der Waals surface area contributed by atoms with Crippen molar-refractivity contribution in [1.82, 2.24) is 10.1 Å². The van der Waals surface area contributed by atoms with Gasteiger partial charge in [-0.05, 0) is 25.0 Å². The second kappa shape index (κ2) is 6.95. The summed E-state index contributed by atoms with van der Waals surface area (Å²) >= 11 is 6.21. The topological polar surface area (TPSA) is 83.4 Å². The number of aromatic nitrogens is 2. The molecule has 0 atom stereocenters. The summed E-state index contributed by atoms with van der Waals surface area (Å²) in [5.74, 6) is 1.91. The van der Waals surface area contributed by atoms with E-state index in [4.69, 9.17) is 31.3 Å². The largest absolute Gasteiger partial charge is 0.493 e. The molecule has 1 aliphatic rings. The highest BCUT2D eigenvalue weighted by atomic mass is 35.5. The maximum Gasteiger partial charge on any atom is 0.247 e. The Hall–Kier alpha value is -1.50. The van der Waals surface area contributed by atoms with Gasteiger partial charge >= 0.3 is 0 Å². The van der Waals surface area contributed by atoms with E-state index in [0.717, 1.165) is 25.7 Å². The molecule has 3 rings (SSSR count). The average molecular weight is 360 g/mol. The number of methoxy groups -OCH3 is 2. The fourth-order valence-corrected chi connectivity index (χ4v) is 3.10. The number of halogens is 2. The molecule has 0 bridgehead atoms. The molecule has 1 aromatic carbocycles. The Bertz CT molecular complexity index is 685. The summed E-state index contributed by atoms with van der Waals surface area (Å²) < 4.78 is 15.9. The zero-order chi connectivity index (χ0) is 15.7. The fraction of sp³-hybridized carbons (Fsp3) is 0.467. The van der Waals surface area contributed by atoms with Gasteiger partial charge in [0.2, 0.25) is 11.7 Å². The highest BCUT2D eigenvalue weighted by molar-refractivity contribution is 6.32. The Labute approximate surface area is 145 Å². The van der Waals surface area contributed by atoms with Crippen molar-refractivity contribution in [3.63, 3.8) is 0 Å². The van der Waals surface area contributed by atoms with Gasteiger partial charge in [-0.15, -0.1) is 12.4 Å². The summed E-state index contributed by atoms with van der Waals surface area (Å²) in [6, 6.07) is 3.48. The Balaban J connectivity index is 0.00000192. The van der Waals surface area contributed by atoms with Crippen molar-refractivity contribution in [3.05, 3.63) is 23.0 Å². The van der Waals surface area contributed by atoms with E-state index in [2.05, 4.69) is 10.1 Å². The van der Waals surface area contributed by atoms with Gasteiger partial charge in [-0.25, -0.2) is 0 Å². The lowest BCUT2D eigenvalue weighted by Gasteiger charge is -2.17. The average Bonchev–Trinajstić information content (AvgIpc) is 3.16. The van der Waals surface area contributed by atoms with Crippen molar-refractivity contribution in [2.24, 2.45) is 5.73 Å². The van der Waals surface area contributed by atoms with Crippen LogP contribution < -0.4 is 15.2 Å². The molecule has 1 aliphatic carbocycles. The number of nitrogens with zero attached hydrogens (tertiary/aromatic N) is 2. The third-order valence-electron chi connectivity index (χ3n) is 4.04. The number of nitrogens with two attached hydrogens (primary N) is 1. The van der Waals surface area contributed by atoms with E-state index < -0.39 is 5.54 Å². The summed E-state index contributed by atoms with van der Waals surface area (Å²) in [6.07, 6.45) is 3.88. The summed E-state index contributed by atoms with van der Waals surface area (Å²) in [7, 11) is 3.08. The third kappa shape index (κ3) is 3.24. The Morgan fingerprint density at radius 2 is 1.91 bits per heavy atom. The number of rotatable bonds is 4. The number of hydrogen-bond donors (Lipinski definition) is 1. The van der Waals surface area contributed by atoms with Gasteiger partial charge in [0, 0.05) is 5.56 Å². The van der Waals surface area contributed by atoms with Crippen LogP contribution in [0.1, 0.15) is 31.6 Å². The van der Waals surface area contributed by atoms with Crippen molar-refractivity contribution in [1.29, 1.82) is 0 Å². The Morgan fingerprint density at radius 3 is 2.52 bits per heavy atom. The van der Waals surface area contributed by atoms with Gasteiger partial charge in [-0.3, -0.25) is 0 Å². The van der Waals surface area contributed by atoms with E-state index in [1.807, 2.05) is 0 Å². The molecule has 2 N–H and O–H groups in total. The molecule has 0 aliphatic heterocycles. The van der Waals surface area contributed by atoms with Gasteiger partial charge < -0.3 is 19.7 Å². The van der Waals surface area contributed by atoms with Crippen LogP contribution in [0.5, 0.6) is 11.5 Å². The first-order valence-electron chi connectivity index (χ1n) is 7.12. The minimum absolute atomic E-state index is 0. The second-order valence-corrected chi connectivity index (χ2v) is 5.89. The molecule has 0 amide bonds. The highest BCUT2D eigenvalue weighted by Gasteiger charge is 2.37. The molecular weight excluding hydrogens is 341 g/mol. The predicted molar refractivity (Wildman–Crippen MR) is 89.4 cm³/mol. The number of benzene rings is 1. The molecule has 1 fully saturated rings. The van der Waals surface area contributed by atoms with Gasteiger partial charge in [0.05, 0.1) is 24.8 Å². The third-order valence-corrected chi connectivity index (χ3v) is 4.32. The number of ether oxygens (including phenoxy) is 2. The first-order chi connectivity index (χ1) is 10.6. The minimum Gasteiger partial charge on any atom is -0.493 e. The molecule has 1 saturated carbocycles. The van der Waals surface area contributed by atoms with Gasteiger partial charge in [-0.2, -0.15) is 4.98 Å². The summed E-state index contributed by atoms with van der Waals surface area (Å²) in [4.78, 5) is 4.45.